The van der Waals surface area contributed by atoms with Crippen molar-refractivity contribution >= 4 is 17.8 Å². The van der Waals surface area contributed by atoms with Crippen LogP contribution in [0.15, 0.2) is 28.9 Å². The third-order valence-corrected chi connectivity index (χ3v) is 4.68. The first-order chi connectivity index (χ1) is 12.5. The van der Waals surface area contributed by atoms with Crippen LogP contribution in [0.25, 0.3) is 0 Å². The van der Waals surface area contributed by atoms with Crippen LogP contribution in [0.2, 0.25) is 0 Å². The molecule has 0 bridgehead atoms. The first-order valence-corrected chi connectivity index (χ1v) is 8.37. The number of aliphatic carboxylic acids is 1. The first-order valence-electron chi connectivity index (χ1n) is 8.37. The van der Waals surface area contributed by atoms with Gasteiger partial charge in [-0.3, -0.25) is 19.4 Å². The molecule has 10 heteroatoms. The topological polar surface area (TPSA) is 110 Å². The summed E-state index contributed by atoms with van der Waals surface area (Å²) < 4.78 is 5.19. The summed E-state index contributed by atoms with van der Waals surface area (Å²) >= 11 is 0. The van der Waals surface area contributed by atoms with Gasteiger partial charge >= 0.3 is 5.97 Å². The number of carboxylic acids is 1. The third-order valence-electron chi connectivity index (χ3n) is 4.68. The van der Waals surface area contributed by atoms with E-state index in [0.29, 0.717) is 30.6 Å². The number of aromatic nitrogens is 2. The van der Waals surface area contributed by atoms with Gasteiger partial charge in [0.05, 0.1) is 23.6 Å². The monoisotopic (exact) mass is 362 g/mol. The Morgan fingerprint density at radius 1 is 1.27 bits per heavy atom. The molecular weight excluding hydrogens is 344 g/mol. The van der Waals surface area contributed by atoms with E-state index >= 15 is 0 Å². The highest BCUT2D eigenvalue weighted by molar-refractivity contribution is 6.21. The van der Waals surface area contributed by atoms with Crippen LogP contribution in [0.1, 0.15) is 40.5 Å². The number of nitrogens with zero attached hydrogens (tertiary/aromatic N) is 4. The van der Waals surface area contributed by atoms with Crippen LogP contribution >= 0.6 is 0 Å². The number of benzene rings is 1. The van der Waals surface area contributed by atoms with Crippen molar-refractivity contribution in [1.82, 2.24) is 14.9 Å². The Balaban J connectivity index is 1.42. The standard InChI is InChI=1S/C16H18N4O6/c1-10(18-14(21)12-6-2-3-7-13(12)15(18)22)25-20-19(26-20)17-8-4-5-11(9-17)16(23)24/h2-3,6-7,10-11H,4-5,8-9H2,1H3,(H,23,24). The quantitative estimate of drug-likeness (QED) is 0.766. The van der Waals surface area contributed by atoms with E-state index in [1.165, 1.54) is 4.96 Å². The molecule has 1 aromatic carbocycles. The normalized spacial score (nSPS) is 21.2. The molecule has 26 heavy (non-hydrogen) atoms. The van der Waals surface area contributed by atoms with E-state index in [1.807, 2.05) is 0 Å². The maximum Gasteiger partial charge on any atom is 0.308 e. The van der Waals surface area contributed by atoms with Gasteiger partial charge in [0, 0.05) is 11.5 Å². The lowest BCUT2D eigenvalue weighted by atomic mass is 10.00. The molecule has 2 aromatic rings. The van der Waals surface area contributed by atoms with Gasteiger partial charge in [-0.05, 0) is 31.9 Å². The predicted octanol–water partition coefficient (Wildman–Crippen LogP) is 0.386. The average molecular weight is 362 g/mol. The van der Waals surface area contributed by atoms with E-state index in [2.05, 4.69) is 0 Å². The number of fused-ring (bicyclic) bond motifs is 1. The number of piperidine rings is 1. The minimum absolute atomic E-state index is 0.302. The van der Waals surface area contributed by atoms with Gasteiger partial charge in [-0.15, -0.1) is 0 Å². The fourth-order valence-corrected chi connectivity index (χ4v) is 3.29. The third kappa shape index (κ3) is 2.63. The van der Waals surface area contributed by atoms with Crippen LogP contribution in [0.3, 0.4) is 0 Å². The first kappa shape index (κ1) is 16.3. The number of amides is 2. The molecule has 0 radical (unpaired) electrons. The molecule has 2 aliphatic heterocycles. The summed E-state index contributed by atoms with van der Waals surface area (Å²) in [5, 5.41) is 11.9. The SMILES string of the molecule is CC(On1on1N1CCCC(C(=O)O)C1)N1C(=O)c2ccccc2C1=O. The maximum atomic E-state index is 12.4. The fourth-order valence-electron chi connectivity index (χ4n) is 3.29. The van der Waals surface area contributed by atoms with Crippen molar-refractivity contribution in [2.75, 3.05) is 18.1 Å². The Hall–Kier alpha value is -3.17. The minimum atomic E-state index is -0.882. The number of hydrogen-bond donors (Lipinski definition) is 1. The Morgan fingerprint density at radius 2 is 1.92 bits per heavy atom. The Morgan fingerprint density at radius 3 is 2.54 bits per heavy atom. The lowest BCUT2D eigenvalue weighted by molar-refractivity contribution is -0.142. The van der Waals surface area contributed by atoms with Gasteiger partial charge in [-0.2, -0.15) is 4.63 Å². The van der Waals surface area contributed by atoms with Gasteiger partial charge in [-0.25, -0.2) is 4.90 Å². The molecule has 0 saturated carbocycles. The Bertz CT molecular complexity index is 829. The molecule has 10 nitrogen and oxygen atoms in total. The van der Waals surface area contributed by atoms with E-state index in [-0.39, 0.29) is 0 Å². The van der Waals surface area contributed by atoms with Gasteiger partial charge in [0.1, 0.15) is 5.02 Å². The summed E-state index contributed by atoms with van der Waals surface area (Å²) in [6.07, 6.45) is 0.456. The fraction of sp³-hybridized carbons (Fsp3) is 0.438. The zero-order chi connectivity index (χ0) is 18.4. The molecule has 1 aromatic heterocycles. The number of carbonyl (C=O) groups is 3. The molecule has 2 atom stereocenters. The molecule has 4 rings (SSSR count). The Labute approximate surface area is 147 Å². The summed E-state index contributed by atoms with van der Waals surface area (Å²) in [6.45, 7) is 2.50. The van der Waals surface area contributed by atoms with E-state index in [0.717, 1.165) is 16.3 Å². The number of imide groups is 1. The lowest BCUT2D eigenvalue weighted by Crippen LogP contribution is -2.46. The molecular formula is C16H18N4O6. The largest absolute Gasteiger partial charge is 0.481 e. The van der Waals surface area contributed by atoms with Gasteiger partial charge < -0.3 is 9.94 Å². The molecule has 1 N–H and O–H groups in total. The van der Waals surface area contributed by atoms with E-state index in [1.54, 1.807) is 36.2 Å². The minimum Gasteiger partial charge on any atom is -0.481 e. The van der Waals surface area contributed by atoms with Crippen molar-refractivity contribution in [3.8, 4) is 0 Å². The van der Waals surface area contributed by atoms with E-state index in [9.17, 15) is 14.4 Å². The lowest BCUT2D eigenvalue weighted by Gasteiger charge is -2.27. The van der Waals surface area contributed by atoms with E-state index < -0.39 is 29.9 Å². The summed E-state index contributed by atoms with van der Waals surface area (Å²) in [5.41, 5.74) is 0.689. The van der Waals surface area contributed by atoms with Gasteiger partial charge in [0.15, 0.2) is 0 Å². The number of rotatable bonds is 5. The van der Waals surface area contributed by atoms with Crippen molar-refractivity contribution in [2.45, 2.75) is 26.0 Å². The molecule has 1 saturated heterocycles. The summed E-state index contributed by atoms with van der Waals surface area (Å²) in [7, 11) is 0. The zero-order valence-corrected chi connectivity index (χ0v) is 14.1. The summed E-state index contributed by atoms with van der Waals surface area (Å²) in [6, 6.07) is 6.59. The molecule has 2 aliphatic rings. The molecule has 1 fully saturated rings. The molecule has 138 valence electrons. The number of carbonyl (C=O) groups excluding carboxylic acids is 2. The van der Waals surface area contributed by atoms with Gasteiger partial charge in [-0.1, -0.05) is 12.1 Å². The number of carboxylic acid groups (broad SMARTS) is 1. The molecule has 2 amide bonds. The Kier molecular flexibility index (Phi) is 3.74. The van der Waals surface area contributed by atoms with Crippen molar-refractivity contribution in [3.63, 3.8) is 0 Å². The van der Waals surface area contributed by atoms with Gasteiger partial charge in [0.25, 0.3) is 11.8 Å². The van der Waals surface area contributed by atoms with Crippen LogP contribution in [0, 0.1) is 5.92 Å². The summed E-state index contributed by atoms with van der Waals surface area (Å²) in [4.78, 5) is 43.8. The van der Waals surface area contributed by atoms with Crippen molar-refractivity contribution < 1.29 is 29.0 Å². The summed E-state index contributed by atoms with van der Waals surface area (Å²) in [5.74, 6) is -2.15. The highest BCUT2D eigenvalue weighted by Crippen LogP contribution is 2.24. The highest BCUT2D eigenvalue weighted by Gasteiger charge is 2.41. The van der Waals surface area contributed by atoms with Crippen molar-refractivity contribution in [2.24, 2.45) is 5.92 Å². The van der Waals surface area contributed by atoms with E-state index in [4.69, 9.17) is 14.6 Å². The number of hydrogen-bond acceptors (Lipinski definition) is 6. The zero-order valence-electron chi connectivity index (χ0n) is 14.1. The molecule has 0 spiro atoms. The van der Waals surface area contributed by atoms with Crippen LogP contribution < -0.4 is 9.85 Å². The highest BCUT2D eigenvalue weighted by atomic mass is 17.0. The second kappa shape index (κ2) is 5.97. The van der Waals surface area contributed by atoms with Crippen LogP contribution in [0.5, 0.6) is 0 Å². The van der Waals surface area contributed by atoms with Crippen LogP contribution in [-0.2, 0) is 4.79 Å². The second-order valence-corrected chi connectivity index (χ2v) is 6.39. The second-order valence-electron chi connectivity index (χ2n) is 6.39. The van der Waals surface area contributed by atoms with Crippen LogP contribution in [0.4, 0.5) is 0 Å². The smallest absolute Gasteiger partial charge is 0.308 e. The molecule has 0 aliphatic carbocycles. The van der Waals surface area contributed by atoms with Crippen molar-refractivity contribution in [1.29, 1.82) is 0 Å². The van der Waals surface area contributed by atoms with Crippen LogP contribution in [-0.4, -0.2) is 57.1 Å². The average Bonchev–Trinajstić information content (AvgIpc) is 3.35. The predicted molar refractivity (Wildman–Crippen MR) is 86.0 cm³/mol. The molecule has 3 heterocycles. The molecule has 2 unspecified atom stereocenters. The van der Waals surface area contributed by atoms with Gasteiger partial charge in [0.2, 0.25) is 6.23 Å². The maximum absolute atomic E-state index is 12.4. The van der Waals surface area contributed by atoms with Crippen molar-refractivity contribution in [3.05, 3.63) is 35.4 Å².